The van der Waals surface area contributed by atoms with Crippen molar-refractivity contribution in [1.29, 1.82) is 0 Å². The molecule has 19 heavy (non-hydrogen) atoms. The highest BCUT2D eigenvalue weighted by atomic mass is 79.9. The number of thiophene rings is 1. The van der Waals surface area contributed by atoms with Crippen molar-refractivity contribution in [3.05, 3.63) is 44.6 Å². The third-order valence-corrected chi connectivity index (χ3v) is 5.61. The summed E-state index contributed by atoms with van der Waals surface area (Å²) in [6.45, 7) is 4.08. The number of aryl methyl sites for hydroxylation is 1. The minimum absolute atomic E-state index is 0.0528. The molecule has 5 heteroatoms. The summed E-state index contributed by atoms with van der Waals surface area (Å²) in [6, 6.07) is 9.79. The number of benzene rings is 1. The van der Waals surface area contributed by atoms with Crippen LogP contribution in [0.2, 0.25) is 0 Å². The molecule has 2 nitrogen and oxygen atoms in total. The average molecular weight is 356 g/mol. The van der Waals surface area contributed by atoms with Crippen LogP contribution in [0.4, 0.5) is 5.69 Å². The first-order chi connectivity index (χ1) is 9.11. The van der Waals surface area contributed by atoms with Gasteiger partial charge >= 0.3 is 0 Å². The van der Waals surface area contributed by atoms with E-state index in [4.69, 9.17) is 0 Å². The monoisotopic (exact) mass is 355 g/mol. The Morgan fingerprint density at radius 1 is 1.42 bits per heavy atom. The molecule has 2 rings (SSSR count). The Morgan fingerprint density at radius 2 is 2.16 bits per heavy atom. The number of thioether (sulfide) groups is 1. The van der Waals surface area contributed by atoms with Gasteiger partial charge in [0, 0.05) is 4.90 Å². The Bertz CT molecular complexity index is 575. The molecule has 0 bridgehead atoms. The predicted octanol–water partition coefficient (Wildman–Crippen LogP) is 5.18. The van der Waals surface area contributed by atoms with Crippen molar-refractivity contribution in [2.45, 2.75) is 18.7 Å². The SMILES string of the molecule is CCSc1ccccc1NC(=O)c1cc(C)c(Br)s1. The molecule has 1 heterocycles. The number of para-hydroxylation sites is 1. The fraction of sp³-hybridized carbons (Fsp3) is 0.214. The van der Waals surface area contributed by atoms with Gasteiger partial charge in [-0.1, -0.05) is 19.1 Å². The molecule has 0 radical (unpaired) electrons. The van der Waals surface area contributed by atoms with Crippen LogP contribution in [0.1, 0.15) is 22.2 Å². The Hall–Kier alpha value is -0.780. The van der Waals surface area contributed by atoms with Crippen molar-refractivity contribution in [1.82, 2.24) is 0 Å². The average Bonchev–Trinajstić information content (AvgIpc) is 2.72. The molecule has 0 aliphatic rings. The van der Waals surface area contributed by atoms with Gasteiger partial charge < -0.3 is 5.32 Å². The van der Waals surface area contributed by atoms with Gasteiger partial charge in [-0.25, -0.2) is 0 Å². The summed E-state index contributed by atoms with van der Waals surface area (Å²) in [6.07, 6.45) is 0. The molecule has 1 aromatic carbocycles. The second kappa shape index (κ2) is 6.59. The van der Waals surface area contributed by atoms with Gasteiger partial charge in [0.05, 0.1) is 14.4 Å². The molecule has 1 amide bonds. The highest BCUT2D eigenvalue weighted by molar-refractivity contribution is 9.11. The molecule has 0 spiro atoms. The van der Waals surface area contributed by atoms with E-state index >= 15 is 0 Å². The Labute approximate surface area is 129 Å². The minimum atomic E-state index is -0.0528. The first-order valence-electron chi connectivity index (χ1n) is 5.91. The van der Waals surface area contributed by atoms with Gasteiger partial charge in [0.25, 0.3) is 5.91 Å². The Morgan fingerprint density at radius 3 is 2.79 bits per heavy atom. The van der Waals surface area contributed by atoms with E-state index in [1.165, 1.54) is 11.3 Å². The van der Waals surface area contributed by atoms with Crippen LogP contribution in [0.25, 0.3) is 0 Å². The number of hydrogen-bond acceptors (Lipinski definition) is 3. The molecule has 0 unspecified atom stereocenters. The number of amides is 1. The first kappa shape index (κ1) is 14.6. The number of hydrogen-bond donors (Lipinski definition) is 1. The van der Waals surface area contributed by atoms with Crippen molar-refractivity contribution < 1.29 is 4.79 Å². The zero-order valence-corrected chi connectivity index (χ0v) is 13.9. The van der Waals surface area contributed by atoms with Crippen molar-refractivity contribution in [3.8, 4) is 0 Å². The lowest BCUT2D eigenvalue weighted by molar-refractivity contribution is 0.103. The lowest BCUT2D eigenvalue weighted by Gasteiger charge is -2.08. The molecule has 0 fully saturated rings. The van der Waals surface area contributed by atoms with E-state index < -0.39 is 0 Å². The normalized spacial score (nSPS) is 10.5. The van der Waals surface area contributed by atoms with E-state index in [1.54, 1.807) is 11.8 Å². The predicted molar refractivity (Wildman–Crippen MR) is 87.5 cm³/mol. The van der Waals surface area contributed by atoms with Crippen LogP contribution in [0.15, 0.2) is 39.0 Å². The number of nitrogens with one attached hydrogen (secondary N) is 1. The molecule has 100 valence electrons. The van der Waals surface area contributed by atoms with E-state index in [1.807, 2.05) is 37.3 Å². The standard InChI is InChI=1S/C14H14BrNOS2/c1-3-18-11-7-5-4-6-10(11)16-14(17)12-8-9(2)13(15)19-12/h4-8H,3H2,1-2H3,(H,16,17). The third kappa shape index (κ3) is 3.61. The number of anilines is 1. The fourth-order valence-electron chi connectivity index (χ4n) is 1.61. The maximum atomic E-state index is 12.2. The second-order valence-electron chi connectivity index (χ2n) is 3.95. The summed E-state index contributed by atoms with van der Waals surface area (Å²) in [4.78, 5) is 14.0. The zero-order chi connectivity index (χ0) is 13.8. The van der Waals surface area contributed by atoms with Gasteiger partial charge in [-0.05, 0) is 52.4 Å². The van der Waals surface area contributed by atoms with Gasteiger partial charge in [0.15, 0.2) is 0 Å². The van der Waals surface area contributed by atoms with Crippen LogP contribution in [-0.2, 0) is 0 Å². The van der Waals surface area contributed by atoms with E-state index in [0.29, 0.717) is 0 Å². The topological polar surface area (TPSA) is 29.1 Å². The van der Waals surface area contributed by atoms with Crippen LogP contribution in [-0.4, -0.2) is 11.7 Å². The molecule has 0 saturated carbocycles. The van der Waals surface area contributed by atoms with Crippen LogP contribution in [0, 0.1) is 6.92 Å². The minimum Gasteiger partial charge on any atom is -0.320 e. The summed E-state index contributed by atoms with van der Waals surface area (Å²) < 4.78 is 1.01. The molecule has 1 aromatic heterocycles. The largest absolute Gasteiger partial charge is 0.320 e. The van der Waals surface area contributed by atoms with Crippen LogP contribution in [0.3, 0.4) is 0 Å². The molecule has 0 atom stereocenters. The number of carbonyl (C=O) groups is 1. The summed E-state index contributed by atoms with van der Waals surface area (Å²) in [7, 11) is 0. The van der Waals surface area contributed by atoms with E-state index in [0.717, 1.165) is 30.6 Å². The Kier molecular flexibility index (Phi) is 5.07. The zero-order valence-electron chi connectivity index (χ0n) is 10.7. The maximum Gasteiger partial charge on any atom is 0.265 e. The lowest BCUT2D eigenvalue weighted by Crippen LogP contribution is -2.10. The summed E-state index contributed by atoms with van der Waals surface area (Å²) >= 11 is 6.63. The van der Waals surface area contributed by atoms with Crippen LogP contribution >= 0.6 is 39.0 Å². The fourth-order valence-corrected chi connectivity index (χ4v) is 3.80. The molecular formula is C14H14BrNOS2. The second-order valence-corrected chi connectivity index (χ2v) is 7.63. The molecule has 0 aliphatic heterocycles. The summed E-state index contributed by atoms with van der Waals surface area (Å²) in [5.41, 5.74) is 1.97. The van der Waals surface area contributed by atoms with Gasteiger partial charge in [0.1, 0.15) is 0 Å². The number of halogens is 1. The molecule has 0 saturated heterocycles. The summed E-state index contributed by atoms with van der Waals surface area (Å²) in [5, 5.41) is 2.98. The van der Waals surface area contributed by atoms with Gasteiger partial charge in [0.2, 0.25) is 0 Å². The molecule has 2 aromatic rings. The molecule has 0 aliphatic carbocycles. The van der Waals surface area contributed by atoms with E-state index in [-0.39, 0.29) is 5.91 Å². The van der Waals surface area contributed by atoms with Gasteiger partial charge in [-0.15, -0.1) is 23.1 Å². The van der Waals surface area contributed by atoms with E-state index in [9.17, 15) is 4.79 Å². The van der Waals surface area contributed by atoms with Crippen molar-refractivity contribution >= 4 is 50.6 Å². The van der Waals surface area contributed by atoms with Crippen molar-refractivity contribution in [2.24, 2.45) is 0 Å². The quantitative estimate of drug-likeness (QED) is 0.765. The smallest absolute Gasteiger partial charge is 0.265 e. The first-order valence-corrected chi connectivity index (χ1v) is 8.50. The maximum absolute atomic E-state index is 12.2. The van der Waals surface area contributed by atoms with Crippen molar-refractivity contribution in [2.75, 3.05) is 11.1 Å². The van der Waals surface area contributed by atoms with Crippen molar-refractivity contribution in [3.63, 3.8) is 0 Å². The van der Waals surface area contributed by atoms with Crippen LogP contribution < -0.4 is 5.32 Å². The van der Waals surface area contributed by atoms with Gasteiger partial charge in [-0.3, -0.25) is 4.79 Å². The highest BCUT2D eigenvalue weighted by Crippen LogP contribution is 2.30. The number of rotatable bonds is 4. The highest BCUT2D eigenvalue weighted by Gasteiger charge is 2.12. The third-order valence-electron chi connectivity index (χ3n) is 2.52. The molecular weight excluding hydrogens is 342 g/mol. The summed E-state index contributed by atoms with van der Waals surface area (Å²) in [5.74, 6) is 0.930. The number of carbonyl (C=O) groups excluding carboxylic acids is 1. The lowest BCUT2D eigenvalue weighted by atomic mass is 10.3. The van der Waals surface area contributed by atoms with E-state index in [2.05, 4.69) is 28.2 Å². The molecule has 1 N–H and O–H groups in total. The van der Waals surface area contributed by atoms with Crippen LogP contribution in [0.5, 0.6) is 0 Å². The van der Waals surface area contributed by atoms with Gasteiger partial charge in [-0.2, -0.15) is 0 Å². The Balaban J connectivity index is 2.19.